The summed E-state index contributed by atoms with van der Waals surface area (Å²) < 4.78 is 1.17. The number of aryl methyl sites for hydroxylation is 2. The minimum absolute atomic E-state index is 0.721. The van der Waals surface area contributed by atoms with Crippen molar-refractivity contribution in [1.29, 1.82) is 0 Å². The van der Waals surface area contributed by atoms with Crippen LogP contribution in [-0.2, 0) is 6.54 Å². The summed E-state index contributed by atoms with van der Waals surface area (Å²) >= 11 is 5.35. The van der Waals surface area contributed by atoms with Gasteiger partial charge in [-0.05, 0) is 48.0 Å². The molecule has 6 heteroatoms. The molecule has 21 heavy (non-hydrogen) atoms. The normalized spacial score (nSPS) is 10.8. The fraction of sp³-hybridized carbons (Fsp3) is 0.200. The van der Waals surface area contributed by atoms with E-state index in [-0.39, 0.29) is 0 Å². The molecule has 2 N–H and O–H groups in total. The van der Waals surface area contributed by atoms with Gasteiger partial charge in [0.2, 0.25) is 0 Å². The van der Waals surface area contributed by atoms with Crippen LogP contribution in [0.1, 0.15) is 15.6 Å². The summed E-state index contributed by atoms with van der Waals surface area (Å²) in [6.45, 7) is 4.80. The second-order valence-electron chi connectivity index (χ2n) is 4.76. The first-order valence-corrected chi connectivity index (χ1v) is 8.21. The number of nitrogens with one attached hydrogen (secondary N) is 2. The maximum absolute atomic E-state index is 4.40. The Bertz CT molecular complexity index is 743. The zero-order valence-electron chi connectivity index (χ0n) is 11.8. The number of aromatic nitrogens is 3. The van der Waals surface area contributed by atoms with Crippen LogP contribution in [0.15, 0.2) is 34.8 Å². The lowest BCUT2D eigenvalue weighted by atomic mass is 10.1. The SMILES string of the molecule is Cc1nc(-c2ccccc2NCc2cc(Br)c(C)s2)n[nH]1. The number of H-pyrrole nitrogens is 1. The molecule has 0 unspecified atom stereocenters. The fourth-order valence-corrected chi connectivity index (χ4v) is 3.62. The lowest BCUT2D eigenvalue weighted by Gasteiger charge is -2.08. The van der Waals surface area contributed by atoms with Crippen LogP contribution in [0, 0.1) is 13.8 Å². The van der Waals surface area contributed by atoms with Crippen LogP contribution in [0.3, 0.4) is 0 Å². The molecule has 2 aromatic heterocycles. The Kier molecular flexibility index (Phi) is 4.07. The molecule has 4 nitrogen and oxygen atoms in total. The number of nitrogens with zero attached hydrogens (tertiary/aromatic N) is 2. The summed E-state index contributed by atoms with van der Waals surface area (Å²) in [5, 5.41) is 10.6. The van der Waals surface area contributed by atoms with Crippen molar-refractivity contribution in [3.05, 3.63) is 50.4 Å². The number of halogens is 1. The first-order chi connectivity index (χ1) is 10.1. The molecule has 3 rings (SSSR count). The molecule has 1 aromatic carbocycles. The van der Waals surface area contributed by atoms with Gasteiger partial charge in [0.1, 0.15) is 5.82 Å². The van der Waals surface area contributed by atoms with Crippen molar-refractivity contribution in [1.82, 2.24) is 15.2 Å². The monoisotopic (exact) mass is 362 g/mol. The van der Waals surface area contributed by atoms with E-state index in [2.05, 4.69) is 55.5 Å². The zero-order chi connectivity index (χ0) is 14.8. The van der Waals surface area contributed by atoms with E-state index >= 15 is 0 Å². The summed E-state index contributed by atoms with van der Waals surface area (Å²) in [7, 11) is 0. The Hall–Kier alpha value is -1.66. The molecule has 0 saturated carbocycles. The Morgan fingerprint density at radius 3 is 2.76 bits per heavy atom. The number of para-hydroxylation sites is 1. The summed E-state index contributed by atoms with van der Waals surface area (Å²) in [6, 6.07) is 10.3. The van der Waals surface area contributed by atoms with Gasteiger partial charge in [-0.25, -0.2) is 4.98 Å². The highest BCUT2D eigenvalue weighted by Gasteiger charge is 2.09. The lowest BCUT2D eigenvalue weighted by Crippen LogP contribution is -1.99. The third kappa shape index (κ3) is 3.16. The van der Waals surface area contributed by atoms with Gasteiger partial charge in [0.15, 0.2) is 5.82 Å². The number of thiophene rings is 1. The number of anilines is 1. The van der Waals surface area contributed by atoms with Crippen molar-refractivity contribution < 1.29 is 0 Å². The van der Waals surface area contributed by atoms with E-state index in [0.29, 0.717) is 0 Å². The second kappa shape index (κ2) is 5.99. The van der Waals surface area contributed by atoms with E-state index in [4.69, 9.17) is 0 Å². The molecule has 0 aliphatic rings. The molecule has 0 amide bonds. The molecule has 0 spiro atoms. The second-order valence-corrected chi connectivity index (χ2v) is 6.96. The van der Waals surface area contributed by atoms with Gasteiger partial charge < -0.3 is 5.32 Å². The summed E-state index contributed by atoms with van der Waals surface area (Å²) in [4.78, 5) is 6.99. The highest BCUT2D eigenvalue weighted by molar-refractivity contribution is 9.10. The zero-order valence-corrected chi connectivity index (χ0v) is 14.2. The predicted octanol–water partition coefficient (Wildman–Crippen LogP) is 4.52. The van der Waals surface area contributed by atoms with Gasteiger partial charge in [-0.15, -0.1) is 11.3 Å². The predicted molar refractivity (Wildman–Crippen MR) is 90.6 cm³/mol. The summed E-state index contributed by atoms with van der Waals surface area (Å²) in [5.74, 6) is 1.54. The van der Waals surface area contributed by atoms with Crippen LogP contribution in [0.25, 0.3) is 11.4 Å². The Labute approximate surface area is 135 Å². The Morgan fingerprint density at radius 2 is 2.10 bits per heavy atom. The average Bonchev–Trinajstić information content (AvgIpc) is 3.04. The van der Waals surface area contributed by atoms with Gasteiger partial charge in [-0.2, -0.15) is 5.10 Å². The minimum atomic E-state index is 0.721. The van der Waals surface area contributed by atoms with Gasteiger partial charge in [-0.1, -0.05) is 12.1 Å². The van der Waals surface area contributed by atoms with E-state index in [1.165, 1.54) is 14.2 Å². The standard InChI is InChI=1S/C15H15BrN4S/c1-9-13(16)7-11(21-9)8-17-14-6-4-3-5-12(14)15-18-10(2)19-20-15/h3-7,17H,8H2,1-2H3,(H,18,19,20). The van der Waals surface area contributed by atoms with Crippen molar-refractivity contribution in [2.45, 2.75) is 20.4 Å². The van der Waals surface area contributed by atoms with Gasteiger partial charge >= 0.3 is 0 Å². The van der Waals surface area contributed by atoms with Gasteiger partial charge in [-0.3, -0.25) is 5.10 Å². The van der Waals surface area contributed by atoms with Crippen molar-refractivity contribution in [3.63, 3.8) is 0 Å². The third-order valence-electron chi connectivity index (χ3n) is 3.13. The first-order valence-electron chi connectivity index (χ1n) is 6.60. The summed E-state index contributed by atoms with van der Waals surface area (Å²) in [6.07, 6.45) is 0. The highest BCUT2D eigenvalue weighted by Crippen LogP contribution is 2.29. The van der Waals surface area contributed by atoms with Gasteiger partial charge in [0.05, 0.1) is 0 Å². The molecule has 2 heterocycles. The fourth-order valence-electron chi connectivity index (χ4n) is 2.08. The van der Waals surface area contributed by atoms with Crippen molar-refractivity contribution in [2.24, 2.45) is 0 Å². The number of rotatable bonds is 4. The van der Waals surface area contributed by atoms with E-state index in [1.807, 2.05) is 25.1 Å². The molecule has 0 aliphatic carbocycles. The molecule has 0 aliphatic heterocycles. The van der Waals surface area contributed by atoms with Crippen molar-refractivity contribution in [3.8, 4) is 11.4 Å². The third-order valence-corrected chi connectivity index (χ3v) is 5.26. The molecule has 108 valence electrons. The minimum Gasteiger partial charge on any atom is -0.380 e. The Balaban J connectivity index is 1.82. The molecule has 0 fully saturated rings. The largest absolute Gasteiger partial charge is 0.380 e. The number of hydrogen-bond donors (Lipinski definition) is 2. The molecular formula is C15H15BrN4S. The highest BCUT2D eigenvalue weighted by atomic mass is 79.9. The smallest absolute Gasteiger partial charge is 0.183 e. The van der Waals surface area contributed by atoms with E-state index in [9.17, 15) is 0 Å². The van der Waals surface area contributed by atoms with E-state index in [1.54, 1.807) is 11.3 Å². The average molecular weight is 363 g/mol. The van der Waals surface area contributed by atoms with Gasteiger partial charge in [0.25, 0.3) is 0 Å². The molecule has 3 aromatic rings. The van der Waals surface area contributed by atoms with Crippen LogP contribution >= 0.6 is 27.3 Å². The first kappa shape index (κ1) is 14.3. The maximum Gasteiger partial charge on any atom is 0.183 e. The van der Waals surface area contributed by atoms with Crippen LogP contribution in [0.4, 0.5) is 5.69 Å². The lowest BCUT2D eigenvalue weighted by molar-refractivity contribution is 1.04. The summed E-state index contributed by atoms with van der Waals surface area (Å²) in [5.41, 5.74) is 2.05. The number of benzene rings is 1. The van der Waals surface area contributed by atoms with Crippen LogP contribution in [-0.4, -0.2) is 15.2 Å². The van der Waals surface area contributed by atoms with Crippen LogP contribution in [0.5, 0.6) is 0 Å². The van der Waals surface area contributed by atoms with Crippen LogP contribution < -0.4 is 5.32 Å². The molecule has 0 saturated heterocycles. The maximum atomic E-state index is 4.40. The van der Waals surface area contributed by atoms with E-state index in [0.717, 1.165) is 29.4 Å². The number of hydrogen-bond acceptors (Lipinski definition) is 4. The molecule has 0 radical (unpaired) electrons. The molecular weight excluding hydrogens is 348 g/mol. The number of aromatic amines is 1. The topological polar surface area (TPSA) is 53.6 Å². The van der Waals surface area contributed by atoms with Crippen LogP contribution in [0.2, 0.25) is 0 Å². The van der Waals surface area contributed by atoms with Gasteiger partial charge in [0, 0.05) is 32.0 Å². The van der Waals surface area contributed by atoms with Crippen molar-refractivity contribution >= 4 is 33.0 Å². The Morgan fingerprint density at radius 1 is 1.29 bits per heavy atom. The molecule has 0 atom stereocenters. The quantitative estimate of drug-likeness (QED) is 0.716. The van der Waals surface area contributed by atoms with Crippen molar-refractivity contribution in [2.75, 3.05) is 5.32 Å². The van der Waals surface area contributed by atoms with E-state index < -0.39 is 0 Å². The molecule has 0 bridgehead atoms.